The number of nitrogens with one attached hydrogen (secondary N) is 1. The average Bonchev–Trinajstić information content (AvgIpc) is 2.35. The Morgan fingerprint density at radius 1 is 1.33 bits per heavy atom. The molecule has 0 aliphatic heterocycles. The van der Waals surface area contributed by atoms with E-state index in [0.29, 0.717) is 28.7 Å². The van der Waals surface area contributed by atoms with Gasteiger partial charge in [-0.25, -0.2) is 0 Å². The first kappa shape index (κ1) is 13.2. The summed E-state index contributed by atoms with van der Waals surface area (Å²) < 4.78 is 0. The van der Waals surface area contributed by atoms with E-state index >= 15 is 0 Å². The second kappa shape index (κ2) is 6.10. The second-order valence-electron chi connectivity index (χ2n) is 4.96. The molecule has 0 saturated heterocycles. The highest BCUT2D eigenvalue weighted by atomic mass is 35.5. The van der Waals surface area contributed by atoms with Gasteiger partial charge in [0.2, 0.25) is 5.91 Å². The molecule has 2 rings (SSSR count). The first-order valence-electron chi connectivity index (χ1n) is 6.50. The van der Waals surface area contributed by atoms with Crippen molar-refractivity contribution >= 4 is 28.9 Å². The standard InChI is InChI=1S/C14H19ClN2O/c15-11-7-4-8-12(16)14(11)17-13(18)9-10-5-2-1-3-6-10/h4,7-8,10H,1-3,5-6,9,16H2,(H,17,18). The fraction of sp³-hybridized carbons (Fsp3) is 0.500. The minimum absolute atomic E-state index is 0.0155. The van der Waals surface area contributed by atoms with Crippen molar-refractivity contribution < 1.29 is 4.79 Å². The van der Waals surface area contributed by atoms with Crippen LogP contribution >= 0.6 is 11.6 Å². The number of hydrogen-bond acceptors (Lipinski definition) is 2. The molecule has 1 aromatic carbocycles. The Morgan fingerprint density at radius 3 is 2.72 bits per heavy atom. The monoisotopic (exact) mass is 266 g/mol. The molecule has 0 unspecified atom stereocenters. The molecule has 0 aromatic heterocycles. The topological polar surface area (TPSA) is 55.1 Å². The van der Waals surface area contributed by atoms with Crippen LogP contribution in [0.15, 0.2) is 18.2 Å². The van der Waals surface area contributed by atoms with E-state index in [2.05, 4.69) is 5.32 Å². The molecule has 0 heterocycles. The number of carbonyl (C=O) groups is 1. The second-order valence-corrected chi connectivity index (χ2v) is 5.37. The van der Waals surface area contributed by atoms with Gasteiger partial charge in [0, 0.05) is 6.42 Å². The number of nitrogen functional groups attached to an aromatic ring is 1. The van der Waals surface area contributed by atoms with Crippen LogP contribution in [0.25, 0.3) is 0 Å². The Morgan fingerprint density at radius 2 is 2.06 bits per heavy atom. The quantitative estimate of drug-likeness (QED) is 0.817. The molecule has 4 heteroatoms. The van der Waals surface area contributed by atoms with Crippen LogP contribution in [-0.2, 0) is 4.79 Å². The first-order valence-corrected chi connectivity index (χ1v) is 6.88. The van der Waals surface area contributed by atoms with Crippen molar-refractivity contribution in [3.8, 4) is 0 Å². The summed E-state index contributed by atoms with van der Waals surface area (Å²) in [6.07, 6.45) is 6.68. The molecule has 98 valence electrons. The number of para-hydroxylation sites is 1. The number of anilines is 2. The molecule has 0 atom stereocenters. The first-order chi connectivity index (χ1) is 8.66. The Labute approximate surface area is 113 Å². The predicted octanol–water partition coefficient (Wildman–Crippen LogP) is 3.83. The molecule has 0 bridgehead atoms. The number of benzene rings is 1. The lowest BCUT2D eigenvalue weighted by molar-refractivity contribution is -0.117. The van der Waals surface area contributed by atoms with Crippen molar-refractivity contribution in [3.05, 3.63) is 23.2 Å². The zero-order chi connectivity index (χ0) is 13.0. The van der Waals surface area contributed by atoms with Gasteiger partial charge in [-0.3, -0.25) is 4.79 Å². The number of amides is 1. The molecular weight excluding hydrogens is 248 g/mol. The van der Waals surface area contributed by atoms with E-state index in [9.17, 15) is 4.79 Å². The lowest BCUT2D eigenvalue weighted by Crippen LogP contribution is -2.19. The van der Waals surface area contributed by atoms with Crippen molar-refractivity contribution in [2.24, 2.45) is 5.92 Å². The summed E-state index contributed by atoms with van der Waals surface area (Å²) in [6.45, 7) is 0. The molecule has 1 aromatic rings. The summed E-state index contributed by atoms with van der Waals surface area (Å²) in [5.41, 5.74) is 6.86. The summed E-state index contributed by atoms with van der Waals surface area (Å²) in [5, 5.41) is 3.32. The van der Waals surface area contributed by atoms with Crippen molar-refractivity contribution in [2.45, 2.75) is 38.5 Å². The fourth-order valence-electron chi connectivity index (χ4n) is 2.52. The van der Waals surface area contributed by atoms with Crippen molar-refractivity contribution in [1.29, 1.82) is 0 Å². The SMILES string of the molecule is Nc1cccc(Cl)c1NC(=O)CC1CCCCC1. The fourth-order valence-corrected chi connectivity index (χ4v) is 2.75. The van der Waals surface area contributed by atoms with Crippen LogP contribution in [0.1, 0.15) is 38.5 Å². The van der Waals surface area contributed by atoms with Crippen LogP contribution in [0, 0.1) is 5.92 Å². The van der Waals surface area contributed by atoms with Crippen LogP contribution in [0.2, 0.25) is 5.02 Å². The Bertz CT molecular complexity index is 408. The maximum absolute atomic E-state index is 12.0. The van der Waals surface area contributed by atoms with Crippen LogP contribution < -0.4 is 11.1 Å². The third kappa shape index (κ3) is 3.39. The lowest BCUT2D eigenvalue weighted by Gasteiger charge is -2.21. The van der Waals surface area contributed by atoms with E-state index in [0.717, 1.165) is 12.8 Å². The van der Waals surface area contributed by atoms with Crippen LogP contribution in [-0.4, -0.2) is 5.91 Å². The molecule has 3 N–H and O–H groups in total. The molecule has 1 aliphatic carbocycles. The van der Waals surface area contributed by atoms with Crippen molar-refractivity contribution in [2.75, 3.05) is 11.1 Å². The van der Waals surface area contributed by atoms with Gasteiger partial charge in [0.05, 0.1) is 16.4 Å². The maximum atomic E-state index is 12.0. The molecule has 0 spiro atoms. The Kier molecular flexibility index (Phi) is 4.48. The van der Waals surface area contributed by atoms with E-state index < -0.39 is 0 Å². The van der Waals surface area contributed by atoms with Crippen LogP contribution in [0.5, 0.6) is 0 Å². The van der Waals surface area contributed by atoms with Crippen molar-refractivity contribution in [1.82, 2.24) is 0 Å². The van der Waals surface area contributed by atoms with Gasteiger partial charge in [0.25, 0.3) is 0 Å². The summed E-state index contributed by atoms with van der Waals surface area (Å²) in [5.74, 6) is 0.532. The maximum Gasteiger partial charge on any atom is 0.224 e. The predicted molar refractivity (Wildman–Crippen MR) is 75.7 cm³/mol. The molecule has 3 nitrogen and oxygen atoms in total. The summed E-state index contributed by atoms with van der Waals surface area (Å²) in [7, 11) is 0. The van der Waals surface area contributed by atoms with Gasteiger partial charge in [-0.1, -0.05) is 36.9 Å². The Hall–Kier alpha value is -1.22. The van der Waals surface area contributed by atoms with Gasteiger partial charge >= 0.3 is 0 Å². The van der Waals surface area contributed by atoms with E-state index in [1.807, 2.05) is 0 Å². The molecule has 1 aliphatic rings. The number of rotatable bonds is 3. The molecule has 1 fully saturated rings. The smallest absolute Gasteiger partial charge is 0.224 e. The molecular formula is C14H19ClN2O. The normalized spacial score (nSPS) is 16.5. The average molecular weight is 267 g/mol. The molecule has 1 amide bonds. The molecule has 1 saturated carbocycles. The number of carbonyl (C=O) groups excluding carboxylic acids is 1. The largest absolute Gasteiger partial charge is 0.397 e. The van der Waals surface area contributed by atoms with Gasteiger partial charge in [-0.15, -0.1) is 0 Å². The summed E-state index contributed by atoms with van der Waals surface area (Å²) >= 11 is 6.02. The lowest BCUT2D eigenvalue weighted by atomic mass is 9.87. The summed E-state index contributed by atoms with van der Waals surface area (Å²) in [6, 6.07) is 5.24. The number of hydrogen-bond donors (Lipinski definition) is 2. The van der Waals surface area contributed by atoms with Gasteiger partial charge in [0.15, 0.2) is 0 Å². The third-order valence-corrected chi connectivity index (χ3v) is 3.82. The third-order valence-electron chi connectivity index (χ3n) is 3.51. The highest BCUT2D eigenvalue weighted by Crippen LogP contribution is 2.30. The minimum Gasteiger partial charge on any atom is -0.397 e. The Balaban J connectivity index is 1.94. The number of halogens is 1. The van der Waals surface area contributed by atoms with E-state index in [-0.39, 0.29) is 5.91 Å². The zero-order valence-electron chi connectivity index (χ0n) is 10.4. The van der Waals surface area contributed by atoms with Gasteiger partial charge in [0.1, 0.15) is 0 Å². The summed E-state index contributed by atoms with van der Waals surface area (Å²) in [4.78, 5) is 12.0. The highest BCUT2D eigenvalue weighted by molar-refractivity contribution is 6.34. The van der Waals surface area contributed by atoms with Crippen molar-refractivity contribution in [3.63, 3.8) is 0 Å². The van der Waals surface area contributed by atoms with Gasteiger partial charge in [-0.05, 0) is 30.9 Å². The van der Waals surface area contributed by atoms with Gasteiger partial charge in [-0.2, -0.15) is 0 Å². The van der Waals surface area contributed by atoms with Crippen LogP contribution in [0.4, 0.5) is 11.4 Å². The van der Waals surface area contributed by atoms with Gasteiger partial charge < -0.3 is 11.1 Å². The zero-order valence-corrected chi connectivity index (χ0v) is 11.2. The number of nitrogens with two attached hydrogens (primary N) is 1. The van der Waals surface area contributed by atoms with Crippen LogP contribution in [0.3, 0.4) is 0 Å². The minimum atomic E-state index is 0.0155. The molecule has 18 heavy (non-hydrogen) atoms. The van der Waals surface area contributed by atoms with E-state index in [1.165, 1.54) is 19.3 Å². The molecule has 0 radical (unpaired) electrons. The highest BCUT2D eigenvalue weighted by Gasteiger charge is 2.18. The van der Waals surface area contributed by atoms with E-state index in [1.54, 1.807) is 18.2 Å². The van der Waals surface area contributed by atoms with E-state index in [4.69, 9.17) is 17.3 Å².